The molecule has 0 aliphatic carbocycles. The third-order valence-electron chi connectivity index (χ3n) is 2.05. The van der Waals surface area contributed by atoms with Crippen molar-refractivity contribution in [3.05, 3.63) is 10.7 Å². The van der Waals surface area contributed by atoms with E-state index in [2.05, 4.69) is 36.6 Å². The van der Waals surface area contributed by atoms with Crippen LogP contribution in [0, 0.1) is 0 Å². The van der Waals surface area contributed by atoms with Gasteiger partial charge < -0.3 is 5.32 Å². The van der Waals surface area contributed by atoms with Crippen molar-refractivity contribution in [1.82, 2.24) is 9.97 Å². The van der Waals surface area contributed by atoms with Crippen LogP contribution < -0.4 is 16.6 Å². The number of hydrogen-bond acceptors (Lipinski definition) is 5. The minimum atomic E-state index is -4.09. The van der Waals surface area contributed by atoms with Gasteiger partial charge in [-0.2, -0.15) is 18.2 Å². The highest BCUT2D eigenvalue weighted by atomic mass is 79.9. The molecule has 102 valence electrons. The van der Waals surface area contributed by atoms with Gasteiger partial charge in [-0.15, -0.1) is 0 Å². The van der Waals surface area contributed by atoms with Gasteiger partial charge >= 0.3 is 6.18 Å². The number of hydrogen-bond donors (Lipinski definition) is 3. The van der Waals surface area contributed by atoms with Gasteiger partial charge in [0, 0.05) is 19.2 Å². The summed E-state index contributed by atoms with van der Waals surface area (Å²) in [5.74, 6) is 5.87. The smallest absolute Gasteiger partial charge is 0.369 e. The van der Waals surface area contributed by atoms with E-state index in [-0.39, 0.29) is 12.4 Å². The fourth-order valence-corrected chi connectivity index (χ4v) is 1.55. The fourth-order valence-electron chi connectivity index (χ4n) is 1.22. The number of nitrogen functional groups attached to an aromatic ring is 1. The van der Waals surface area contributed by atoms with Gasteiger partial charge in [-0.1, -0.05) is 0 Å². The van der Waals surface area contributed by atoms with E-state index in [1.807, 2.05) is 0 Å². The molecule has 0 aliphatic heterocycles. The van der Waals surface area contributed by atoms with Crippen molar-refractivity contribution in [3.63, 3.8) is 0 Å². The van der Waals surface area contributed by atoms with E-state index in [0.717, 1.165) is 0 Å². The number of anilines is 2. The Balaban J connectivity index is 2.35. The lowest BCUT2D eigenvalue weighted by molar-refractivity contribution is -0.135. The maximum atomic E-state index is 11.9. The molecule has 1 aromatic heterocycles. The van der Waals surface area contributed by atoms with Crippen molar-refractivity contribution in [1.29, 1.82) is 0 Å². The van der Waals surface area contributed by atoms with Gasteiger partial charge in [0.25, 0.3) is 0 Å². The predicted octanol–water partition coefficient (Wildman–Crippen LogP) is 2.67. The van der Waals surface area contributed by atoms with Crippen LogP contribution in [-0.4, -0.2) is 22.7 Å². The number of aromatic nitrogens is 2. The first kappa shape index (κ1) is 15.0. The summed E-state index contributed by atoms with van der Waals surface area (Å²) in [6, 6.07) is 0. The number of hydrazine groups is 1. The first-order chi connectivity index (χ1) is 8.42. The number of nitrogens with two attached hydrogens (primary N) is 1. The molecule has 0 unspecified atom stereocenters. The van der Waals surface area contributed by atoms with Crippen molar-refractivity contribution < 1.29 is 13.2 Å². The average Bonchev–Trinajstić information content (AvgIpc) is 2.29. The van der Waals surface area contributed by atoms with E-state index < -0.39 is 12.6 Å². The van der Waals surface area contributed by atoms with E-state index in [0.29, 0.717) is 23.3 Å². The second-order valence-electron chi connectivity index (χ2n) is 3.53. The van der Waals surface area contributed by atoms with Gasteiger partial charge in [-0.05, 0) is 28.8 Å². The van der Waals surface area contributed by atoms with Gasteiger partial charge in [0.05, 0.1) is 4.47 Å². The SMILES string of the molecule is NNc1ncc(Br)c(NCCCCC(F)(F)F)n1. The molecule has 1 heterocycles. The Morgan fingerprint density at radius 3 is 2.67 bits per heavy atom. The first-order valence-electron chi connectivity index (χ1n) is 5.22. The minimum Gasteiger partial charge on any atom is -0.369 e. The number of halogens is 4. The zero-order valence-corrected chi connectivity index (χ0v) is 11.0. The van der Waals surface area contributed by atoms with Crippen molar-refractivity contribution in [2.75, 3.05) is 17.3 Å². The summed E-state index contributed by atoms with van der Waals surface area (Å²) in [5, 5.41) is 2.91. The Kier molecular flexibility index (Phi) is 5.60. The molecular formula is C9H13BrF3N5. The first-order valence-corrected chi connectivity index (χ1v) is 6.01. The maximum Gasteiger partial charge on any atom is 0.389 e. The minimum absolute atomic E-state index is 0.0845. The Labute approximate surface area is 110 Å². The van der Waals surface area contributed by atoms with Gasteiger partial charge in [-0.25, -0.2) is 10.8 Å². The quantitative estimate of drug-likeness (QED) is 0.425. The normalized spacial score (nSPS) is 11.4. The lowest BCUT2D eigenvalue weighted by Crippen LogP contribution is -2.13. The molecule has 0 aliphatic rings. The van der Waals surface area contributed by atoms with Crippen molar-refractivity contribution in [2.45, 2.75) is 25.4 Å². The maximum absolute atomic E-state index is 11.9. The van der Waals surface area contributed by atoms with Gasteiger partial charge in [0.1, 0.15) is 5.82 Å². The molecule has 9 heteroatoms. The molecule has 0 bridgehead atoms. The van der Waals surface area contributed by atoms with Crippen LogP contribution in [0.5, 0.6) is 0 Å². The Morgan fingerprint density at radius 1 is 1.33 bits per heavy atom. The highest BCUT2D eigenvalue weighted by Gasteiger charge is 2.25. The summed E-state index contributed by atoms with van der Waals surface area (Å²) in [5.41, 5.74) is 2.28. The summed E-state index contributed by atoms with van der Waals surface area (Å²) in [6.07, 6.45) is -2.87. The van der Waals surface area contributed by atoms with Crippen LogP contribution in [0.2, 0.25) is 0 Å². The summed E-state index contributed by atoms with van der Waals surface area (Å²) < 4.78 is 36.3. The zero-order valence-electron chi connectivity index (χ0n) is 9.39. The number of nitrogens with one attached hydrogen (secondary N) is 2. The molecule has 0 spiro atoms. The molecule has 18 heavy (non-hydrogen) atoms. The molecule has 0 atom stereocenters. The van der Waals surface area contributed by atoms with E-state index in [1.54, 1.807) is 0 Å². The monoisotopic (exact) mass is 327 g/mol. The van der Waals surface area contributed by atoms with Crippen molar-refractivity contribution in [2.24, 2.45) is 5.84 Å². The Hall–Kier alpha value is -1.09. The fraction of sp³-hybridized carbons (Fsp3) is 0.556. The van der Waals surface area contributed by atoms with E-state index in [4.69, 9.17) is 5.84 Å². The van der Waals surface area contributed by atoms with Crippen LogP contribution in [0.4, 0.5) is 24.9 Å². The zero-order chi connectivity index (χ0) is 13.6. The molecule has 5 nitrogen and oxygen atoms in total. The van der Waals surface area contributed by atoms with Gasteiger partial charge in [0.15, 0.2) is 0 Å². The average molecular weight is 328 g/mol. The lowest BCUT2D eigenvalue weighted by Gasteiger charge is -2.09. The van der Waals surface area contributed by atoms with Gasteiger partial charge in [0.2, 0.25) is 5.95 Å². The molecule has 0 saturated carbocycles. The molecule has 0 radical (unpaired) electrons. The van der Waals surface area contributed by atoms with Crippen LogP contribution in [0.1, 0.15) is 19.3 Å². The summed E-state index contributed by atoms with van der Waals surface area (Å²) in [7, 11) is 0. The van der Waals surface area contributed by atoms with Crippen LogP contribution in [-0.2, 0) is 0 Å². The molecule has 4 N–H and O–H groups in total. The van der Waals surface area contributed by atoms with Crippen LogP contribution in [0.15, 0.2) is 10.7 Å². The highest BCUT2D eigenvalue weighted by molar-refractivity contribution is 9.10. The Morgan fingerprint density at radius 2 is 2.06 bits per heavy atom. The van der Waals surface area contributed by atoms with E-state index in [1.165, 1.54) is 6.20 Å². The number of nitrogens with zero attached hydrogens (tertiary/aromatic N) is 2. The van der Waals surface area contributed by atoms with Crippen LogP contribution >= 0.6 is 15.9 Å². The largest absolute Gasteiger partial charge is 0.389 e. The second kappa shape index (κ2) is 6.74. The third-order valence-corrected chi connectivity index (χ3v) is 2.63. The molecular weight excluding hydrogens is 315 g/mol. The predicted molar refractivity (Wildman–Crippen MR) is 65.9 cm³/mol. The second-order valence-corrected chi connectivity index (χ2v) is 4.39. The topological polar surface area (TPSA) is 75.9 Å². The molecule has 0 amide bonds. The number of alkyl halides is 3. The molecule has 0 aromatic carbocycles. The highest BCUT2D eigenvalue weighted by Crippen LogP contribution is 2.23. The number of rotatable bonds is 6. The van der Waals surface area contributed by atoms with Gasteiger partial charge in [-0.3, -0.25) is 5.43 Å². The third kappa shape index (κ3) is 5.50. The van der Waals surface area contributed by atoms with Crippen molar-refractivity contribution >= 4 is 27.7 Å². The van der Waals surface area contributed by atoms with E-state index >= 15 is 0 Å². The standard InChI is InChI=1S/C9H13BrF3N5/c10-6-5-16-8(18-14)17-7(6)15-4-2-1-3-9(11,12)13/h5H,1-4,14H2,(H2,15,16,17,18). The number of unbranched alkanes of at least 4 members (excludes halogenated alkanes) is 1. The van der Waals surface area contributed by atoms with Crippen LogP contribution in [0.25, 0.3) is 0 Å². The molecule has 1 aromatic rings. The lowest BCUT2D eigenvalue weighted by atomic mass is 10.2. The molecule has 1 rings (SSSR count). The van der Waals surface area contributed by atoms with Crippen molar-refractivity contribution in [3.8, 4) is 0 Å². The van der Waals surface area contributed by atoms with E-state index in [9.17, 15) is 13.2 Å². The molecule has 0 fully saturated rings. The molecule has 0 saturated heterocycles. The summed E-state index contributed by atoms with van der Waals surface area (Å²) in [4.78, 5) is 7.86. The Bertz CT molecular complexity index is 385. The summed E-state index contributed by atoms with van der Waals surface area (Å²) >= 11 is 3.22. The van der Waals surface area contributed by atoms with Crippen LogP contribution in [0.3, 0.4) is 0 Å². The summed E-state index contributed by atoms with van der Waals surface area (Å²) in [6.45, 7) is 0.399.